The zero-order chi connectivity index (χ0) is 14.0. The topological polar surface area (TPSA) is 55.2 Å². The molecule has 98 valence electrons. The predicted molar refractivity (Wildman–Crippen MR) is 85.0 cm³/mol. The summed E-state index contributed by atoms with van der Waals surface area (Å²) in [5.41, 5.74) is 4.33. The Morgan fingerprint density at radius 1 is 1.05 bits per heavy atom. The van der Waals surface area contributed by atoms with Gasteiger partial charge in [-0.05, 0) is 71.8 Å². The molecule has 5 heteroatoms. The van der Waals surface area contributed by atoms with Gasteiger partial charge in [-0.25, -0.2) is 0 Å². The van der Waals surface area contributed by atoms with Crippen LogP contribution in [0.4, 0.5) is 17.1 Å². The third kappa shape index (κ3) is 3.44. The Bertz CT molecular complexity index is 621. The van der Waals surface area contributed by atoms with E-state index in [4.69, 9.17) is 0 Å². The molecule has 0 saturated heterocycles. The molecule has 0 heterocycles. The standard InChI is InChI=1S/C14H13IN2O2/c1-9-5-10(2)7-12(6-9)16-11-3-4-14(17(18)19)13(15)8-11/h3-8,16H,1-2H3. The van der Waals surface area contributed by atoms with Crippen LogP contribution >= 0.6 is 22.6 Å². The van der Waals surface area contributed by atoms with Crippen LogP contribution in [0.1, 0.15) is 11.1 Å². The van der Waals surface area contributed by atoms with Gasteiger partial charge in [-0.1, -0.05) is 6.07 Å². The summed E-state index contributed by atoms with van der Waals surface area (Å²) in [4.78, 5) is 10.4. The van der Waals surface area contributed by atoms with E-state index in [9.17, 15) is 10.1 Å². The zero-order valence-electron chi connectivity index (χ0n) is 10.6. The number of anilines is 2. The Morgan fingerprint density at radius 3 is 2.21 bits per heavy atom. The van der Waals surface area contributed by atoms with Gasteiger partial charge in [-0.3, -0.25) is 10.1 Å². The molecule has 1 N–H and O–H groups in total. The van der Waals surface area contributed by atoms with E-state index < -0.39 is 0 Å². The fraction of sp³-hybridized carbons (Fsp3) is 0.143. The second-order valence-electron chi connectivity index (χ2n) is 4.42. The van der Waals surface area contributed by atoms with Gasteiger partial charge in [-0.15, -0.1) is 0 Å². The molecule has 0 aromatic heterocycles. The molecular formula is C14H13IN2O2. The van der Waals surface area contributed by atoms with Gasteiger partial charge in [-0.2, -0.15) is 0 Å². The van der Waals surface area contributed by atoms with Gasteiger partial charge in [0.2, 0.25) is 0 Å². The molecule has 0 aliphatic rings. The number of nitro benzene ring substituents is 1. The highest BCUT2D eigenvalue weighted by molar-refractivity contribution is 14.1. The molecule has 0 spiro atoms. The lowest BCUT2D eigenvalue weighted by Crippen LogP contribution is -1.95. The van der Waals surface area contributed by atoms with Crippen molar-refractivity contribution in [2.75, 3.05) is 5.32 Å². The van der Waals surface area contributed by atoms with Gasteiger partial charge in [0.25, 0.3) is 5.69 Å². The van der Waals surface area contributed by atoms with Crippen molar-refractivity contribution in [2.24, 2.45) is 0 Å². The molecule has 2 rings (SSSR count). The van der Waals surface area contributed by atoms with Crippen LogP contribution in [0.2, 0.25) is 0 Å². The summed E-state index contributed by atoms with van der Waals surface area (Å²) in [5, 5.41) is 14.0. The minimum absolute atomic E-state index is 0.131. The van der Waals surface area contributed by atoms with Crippen LogP contribution in [0, 0.1) is 27.5 Å². The van der Waals surface area contributed by atoms with Crippen LogP contribution in [0.3, 0.4) is 0 Å². The van der Waals surface area contributed by atoms with Crippen LogP contribution in [-0.2, 0) is 0 Å². The minimum atomic E-state index is -0.373. The van der Waals surface area contributed by atoms with Crippen molar-refractivity contribution in [1.29, 1.82) is 0 Å². The van der Waals surface area contributed by atoms with Crippen molar-refractivity contribution in [2.45, 2.75) is 13.8 Å². The first-order valence-corrected chi connectivity index (χ1v) is 6.83. The van der Waals surface area contributed by atoms with Crippen LogP contribution in [0.5, 0.6) is 0 Å². The summed E-state index contributed by atoms with van der Waals surface area (Å²) in [6.07, 6.45) is 0. The average Bonchev–Trinajstić information content (AvgIpc) is 2.26. The van der Waals surface area contributed by atoms with E-state index >= 15 is 0 Å². The van der Waals surface area contributed by atoms with Gasteiger partial charge in [0.05, 0.1) is 8.49 Å². The minimum Gasteiger partial charge on any atom is -0.355 e. The number of aryl methyl sites for hydroxylation is 2. The zero-order valence-corrected chi connectivity index (χ0v) is 12.8. The molecule has 0 amide bonds. The molecule has 0 aliphatic carbocycles. The van der Waals surface area contributed by atoms with E-state index in [2.05, 4.69) is 11.4 Å². The second kappa shape index (κ2) is 5.56. The molecule has 0 atom stereocenters. The third-order valence-corrected chi connectivity index (χ3v) is 3.52. The molecule has 0 aliphatic heterocycles. The quantitative estimate of drug-likeness (QED) is 0.491. The molecule has 19 heavy (non-hydrogen) atoms. The molecule has 0 saturated carbocycles. The highest BCUT2D eigenvalue weighted by atomic mass is 127. The fourth-order valence-electron chi connectivity index (χ4n) is 1.95. The van der Waals surface area contributed by atoms with Crippen molar-refractivity contribution in [3.8, 4) is 0 Å². The maximum Gasteiger partial charge on any atom is 0.282 e. The molecule has 4 nitrogen and oxygen atoms in total. The maximum atomic E-state index is 10.8. The predicted octanol–water partition coefficient (Wildman–Crippen LogP) is 4.56. The third-order valence-electron chi connectivity index (χ3n) is 2.65. The van der Waals surface area contributed by atoms with Crippen molar-refractivity contribution in [1.82, 2.24) is 0 Å². The molecule has 0 fully saturated rings. The summed E-state index contributed by atoms with van der Waals surface area (Å²) >= 11 is 1.98. The van der Waals surface area contributed by atoms with E-state index in [1.165, 1.54) is 17.2 Å². The largest absolute Gasteiger partial charge is 0.355 e. The highest BCUT2D eigenvalue weighted by Gasteiger charge is 2.11. The van der Waals surface area contributed by atoms with Crippen molar-refractivity contribution in [3.05, 3.63) is 61.2 Å². The Balaban J connectivity index is 2.28. The first-order valence-electron chi connectivity index (χ1n) is 5.75. The Labute approximate surface area is 125 Å². The SMILES string of the molecule is Cc1cc(C)cc(Nc2ccc([N+](=O)[O-])c(I)c2)c1. The van der Waals surface area contributed by atoms with Gasteiger partial charge in [0, 0.05) is 17.4 Å². The average molecular weight is 368 g/mol. The van der Waals surface area contributed by atoms with Crippen LogP contribution in [0.15, 0.2) is 36.4 Å². The van der Waals surface area contributed by atoms with Crippen molar-refractivity contribution < 1.29 is 4.92 Å². The summed E-state index contributed by atoms with van der Waals surface area (Å²) in [6, 6.07) is 11.2. The van der Waals surface area contributed by atoms with Crippen LogP contribution in [0.25, 0.3) is 0 Å². The van der Waals surface area contributed by atoms with Gasteiger partial charge in [0.1, 0.15) is 0 Å². The number of nitrogens with one attached hydrogen (secondary N) is 1. The first kappa shape index (κ1) is 13.8. The lowest BCUT2D eigenvalue weighted by Gasteiger charge is -2.09. The maximum absolute atomic E-state index is 10.8. The molecular weight excluding hydrogens is 355 g/mol. The molecule has 0 unspecified atom stereocenters. The van der Waals surface area contributed by atoms with Gasteiger partial charge in [0.15, 0.2) is 0 Å². The monoisotopic (exact) mass is 368 g/mol. The highest BCUT2D eigenvalue weighted by Crippen LogP contribution is 2.26. The number of halogens is 1. The first-order chi connectivity index (χ1) is 8.95. The van der Waals surface area contributed by atoms with Crippen molar-refractivity contribution in [3.63, 3.8) is 0 Å². The van der Waals surface area contributed by atoms with Crippen molar-refractivity contribution >= 4 is 39.7 Å². The summed E-state index contributed by atoms with van der Waals surface area (Å²) in [5.74, 6) is 0. The number of rotatable bonds is 3. The molecule has 2 aromatic rings. The number of hydrogen-bond donors (Lipinski definition) is 1. The lowest BCUT2D eigenvalue weighted by molar-refractivity contribution is -0.385. The van der Waals surface area contributed by atoms with E-state index in [0.717, 1.165) is 11.4 Å². The summed E-state index contributed by atoms with van der Waals surface area (Å²) < 4.78 is 0.622. The fourth-order valence-corrected chi connectivity index (χ4v) is 2.66. The number of nitro groups is 1. The number of benzene rings is 2. The Kier molecular flexibility index (Phi) is 4.04. The van der Waals surface area contributed by atoms with Gasteiger partial charge >= 0.3 is 0 Å². The number of hydrogen-bond acceptors (Lipinski definition) is 3. The van der Waals surface area contributed by atoms with E-state index in [-0.39, 0.29) is 10.6 Å². The van der Waals surface area contributed by atoms with E-state index in [1.807, 2.05) is 48.6 Å². The van der Waals surface area contributed by atoms with E-state index in [1.54, 1.807) is 12.1 Å². The second-order valence-corrected chi connectivity index (χ2v) is 5.59. The lowest BCUT2D eigenvalue weighted by atomic mass is 10.1. The molecule has 0 bridgehead atoms. The van der Waals surface area contributed by atoms with Crippen LogP contribution in [-0.4, -0.2) is 4.92 Å². The van der Waals surface area contributed by atoms with E-state index in [0.29, 0.717) is 3.57 Å². The Morgan fingerprint density at radius 2 is 1.68 bits per heavy atom. The molecule has 0 radical (unpaired) electrons. The van der Waals surface area contributed by atoms with Gasteiger partial charge < -0.3 is 5.32 Å². The summed E-state index contributed by atoms with van der Waals surface area (Å²) in [7, 11) is 0. The number of nitrogens with zero attached hydrogens (tertiary/aromatic N) is 1. The summed E-state index contributed by atoms with van der Waals surface area (Å²) in [6.45, 7) is 4.08. The Hall–Kier alpha value is -1.63. The molecule has 2 aromatic carbocycles. The van der Waals surface area contributed by atoms with Crippen LogP contribution < -0.4 is 5.32 Å². The smallest absolute Gasteiger partial charge is 0.282 e. The normalized spacial score (nSPS) is 10.3.